The number of hydrogen-bond donors (Lipinski definition) is 0. The van der Waals surface area contributed by atoms with E-state index in [9.17, 15) is 13.2 Å². The normalized spacial score (nSPS) is 12.5. The van der Waals surface area contributed by atoms with Gasteiger partial charge in [-0.1, -0.05) is 35.9 Å². The Morgan fingerprint density at radius 1 is 1.05 bits per heavy atom. The first kappa shape index (κ1) is 16.6. The minimum Gasteiger partial charge on any atom is -0.462 e. The first-order chi connectivity index (χ1) is 10.4. The molecule has 0 aliphatic carbocycles. The van der Waals surface area contributed by atoms with Crippen molar-refractivity contribution in [3.05, 3.63) is 59.6 Å². The van der Waals surface area contributed by atoms with Crippen molar-refractivity contribution in [2.45, 2.75) is 10.3 Å². The van der Waals surface area contributed by atoms with E-state index in [1.807, 2.05) is 0 Å². The van der Waals surface area contributed by atoms with Crippen LogP contribution in [0.3, 0.4) is 0 Å². The third-order valence-electron chi connectivity index (χ3n) is 2.66. The lowest BCUT2D eigenvalue weighted by Crippen LogP contribution is -2.36. The molecule has 8 heteroatoms. The summed E-state index contributed by atoms with van der Waals surface area (Å²) in [6.45, 7) is 0. The fourth-order valence-electron chi connectivity index (χ4n) is 1.67. The van der Waals surface area contributed by atoms with Crippen molar-refractivity contribution in [3.8, 4) is 5.75 Å². The fourth-order valence-corrected chi connectivity index (χ4v) is 3.31. The van der Waals surface area contributed by atoms with Gasteiger partial charge in [0.05, 0.1) is 4.90 Å². The number of ether oxygens (including phenoxy) is 1. The quantitative estimate of drug-likeness (QED) is 0.818. The Labute approximate surface area is 137 Å². The zero-order valence-electron chi connectivity index (χ0n) is 11.0. The summed E-state index contributed by atoms with van der Waals surface area (Å²) in [5.74, 6) is -1.15. The topological polar surface area (TPSA) is 69.7 Å². The van der Waals surface area contributed by atoms with Crippen LogP contribution in [0.4, 0.5) is 0 Å². The van der Waals surface area contributed by atoms with Crippen LogP contribution in [0.15, 0.2) is 59.5 Å². The Balaban J connectivity index is 2.41. The van der Waals surface area contributed by atoms with Gasteiger partial charge in [-0.25, -0.2) is 13.2 Å². The van der Waals surface area contributed by atoms with Crippen LogP contribution in [-0.2, 0) is 18.9 Å². The number of halogens is 2. The predicted molar refractivity (Wildman–Crippen MR) is 81.4 cm³/mol. The van der Waals surface area contributed by atoms with E-state index in [-0.39, 0.29) is 10.6 Å². The first-order valence-corrected chi connectivity index (χ1v) is 8.22. The lowest BCUT2D eigenvalue weighted by molar-refractivity contribution is -0.138. The number of carbonyl (C=O) groups excluding carboxylic acids is 1. The third-order valence-corrected chi connectivity index (χ3v) is 4.83. The number of carbonyl (C=O) groups is 1. The van der Waals surface area contributed by atoms with Crippen LogP contribution in [0.5, 0.6) is 5.75 Å². The number of sulfone groups is 1. The molecule has 0 saturated carbocycles. The molecule has 2 rings (SSSR count). The van der Waals surface area contributed by atoms with Gasteiger partial charge in [-0.05, 0) is 30.3 Å². The highest BCUT2D eigenvalue weighted by Gasteiger charge is 2.38. The van der Waals surface area contributed by atoms with Crippen molar-refractivity contribution in [1.82, 2.24) is 0 Å². The van der Waals surface area contributed by atoms with Gasteiger partial charge in [0.15, 0.2) is 0 Å². The summed E-state index contributed by atoms with van der Waals surface area (Å²) in [7, 11) is -4.15. The van der Waals surface area contributed by atoms with Gasteiger partial charge in [0.25, 0.3) is 0 Å². The summed E-state index contributed by atoms with van der Waals surface area (Å²) in [4.78, 5) is 11.6. The Morgan fingerprint density at radius 3 is 2.32 bits per heavy atom. The number of benzene rings is 2. The molecule has 0 amide bonds. The van der Waals surface area contributed by atoms with Crippen molar-refractivity contribution in [1.29, 1.82) is 0 Å². The second kappa shape index (κ2) is 7.00. The molecule has 0 aromatic heterocycles. The summed E-state index contributed by atoms with van der Waals surface area (Å²) in [5.41, 5.74) is -1.94. The van der Waals surface area contributed by atoms with E-state index in [1.54, 1.807) is 18.2 Å². The van der Waals surface area contributed by atoms with Crippen molar-refractivity contribution < 1.29 is 22.2 Å². The average molecular weight is 361 g/mol. The standard InChI is InChI=1S/C14H10Cl2O5S/c15-10-5-4-6-11(9-10)20-14(13(17)21-16)22(18,19)12-7-2-1-3-8-12/h1-9,14H. The summed E-state index contributed by atoms with van der Waals surface area (Å²) >= 11 is 10.8. The molecule has 2 aromatic rings. The van der Waals surface area contributed by atoms with Crippen LogP contribution >= 0.6 is 23.5 Å². The molecular formula is C14H10Cl2O5S. The molecular weight excluding hydrogens is 351 g/mol. The van der Waals surface area contributed by atoms with Gasteiger partial charge in [-0.2, -0.15) is 0 Å². The largest absolute Gasteiger partial charge is 0.462 e. The lowest BCUT2D eigenvalue weighted by Gasteiger charge is -2.16. The summed E-state index contributed by atoms with van der Waals surface area (Å²) < 4.78 is 34.3. The highest BCUT2D eigenvalue weighted by atomic mass is 35.5. The molecule has 22 heavy (non-hydrogen) atoms. The Kier molecular flexibility index (Phi) is 5.28. The van der Waals surface area contributed by atoms with Gasteiger partial charge in [0.2, 0.25) is 9.84 Å². The fraction of sp³-hybridized carbons (Fsp3) is 0.0714. The molecule has 0 aliphatic rings. The van der Waals surface area contributed by atoms with E-state index in [4.69, 9.17) is 28.2 Å². The molecule has 116 valence electrons. The molecule has 0 aliphatic heterocycles. The third kappa shape index (κ3) is 3.71. The smallest absolute Gasteiger partial charge is 0.381 e. The molecule has 0 N–H and O–H groups in total. The Bertz CT molecular complexity index is 762. The van der Waals surface area contributed by atoms with Crippen LogP contribution in [0.1, 0.15) is 0 Å². The summed E-state index contributed by atoms with van der Waals surface area (Å²) in [6, 6.07) is 13.3. The number of rotatable bonds is 5. The number of hydrogen-bond acceptors (Lipinski definition) is 5. The van der Waals surface area contributed by atoms with Gasteiger partial charge >= 0.3 is 11.4 Å². The van der Waals surface area contributed by atoms with Crippen LogP contribution < -0.4 is 4.74 Å². The van der Waals surface area contributed by atoms with E-state index < -0.39 is 21.2 Å². The van der Waals surface area contributed by atoms with Crippen LogP contribution in [0.25, 0.3) is 0 Å². The Hall–Kier alpha value is -1.76. The zero-order valence-corrected chi connectivity index (χ0v) is 13.3. The van der Waals surface area contributed by atoms with Gasteiger partial charge < -0.3 is 9.03 Å². The van der Waals surface area contributed by atoms with Gasteiger partial charge in [-0.15, -0.1) is 0 Å². The monoisotopic (exact) mass is 360 g/mol. The second-order valence-corrected chi connectivity index (χ2v) is 6.74. The maximum atomic E-state index is 12.5. The van der Waals surface area contributed by atoms with E-state index in [0.29, 0.717) is 5.02 Å². The molecule has 0 spiro atoms. The highest BCUT2D eigenvalue weighted by molar-refractivity contribution is 7.92. The molecule has 0 saturated heterocycles. The van der Waals surface area contributed by atoms with E-state index in [1.165, 1.54) is 36.4 Å². The van der Waals surface area contributed by atoms with Crippen LogP contribution in [0, 0.1) is 0 Å². The van der Waals surface area contributed by atoms with E-state index in [2.05, 4.69) is 4.29 Å². The van der Waals surface area contributed by atoms with Gasteiger partial charge in [-0.3, -0.25) is 0 Å². The molecule has 0 bridgehead atoms. The average Bonchev–Trinajstić information content (AvgIpc) is 2.52. The molecule has 0 radical (unpaired) electrons. The molecule has 0 fully saturated rings. The lowest BCUT2D eigenvalue weighted by atomic mass is 10.3. The second-order valence-electron chi connectivity index (χ2n) is 4.16. The summed E-state index contributed by atoms with van der Waals surface area (Å²) in [5, 5.41) is 0.326. The SMILES string of the molecule is O=C(OCl)C(Oc1cccc(Cl)c1)S(=O)(=O)c1ccccc1. The first-order valence-electron chi connectivity index (χ1n) is 5.99. The highest BCUT2D eigenvalue weighted by Crippen LogP contribution is 2.24. The minimum absolute atomic E-state index is 0.0934. The zero-order chi connectivity index (χ0) is 16.2. The van der Waals surface area contributed by atoms with Crippen molar-refractivity contribution in [2.24, 2.45) is 0 Å². The predicted octanol–water partition coefficient (Wildman–Crippen LogP) is 3.22. The van der Waals surface area contributed by atoms with E-state index >= 15 is 0 Å². The van der Waals surface area contributed by atoms with Crippen LogP contribution in [-0.4, -0.2) is 19.8 Å². The molecule has 0 heterocycles. The molecule has 1 atom stereocenters. The summed E-state index contributed by atoms with van der Waals surface area (Å²) in [6.07, 6.45) is 0. The van der Waals surface area contributed by atoms with Crippen LogP contribution in [0.2, 0.25) is 5.02 Å². The Morgan fingerprint density at radius 2 is 1.73 bits per heavy atom. The maximum absolute atomic E-state index is 12.5. The van der Waals surface area contributed by atoms with Crippen molar-refractivity contribution in [3.63, 3.8) is 0 Å². The van der Waals surface area contributed by atoms with Gasteiger partial charge in [0.1, 0.15) is 17.6 Å². The van der Waals surface area contributed by atoms with Gasteiger partial charge in [0, 0.05) is 5.02 Å². The van der Waals surface area contributed by atoms with E-state index in [0.717, 1.165) is 0 Å². The molecule has 2 aromatic carbocycles. The molecule has 5 nitrogen and oxygen atoms in total. The maximum Gasteiger partial charge on any atom is 0.381 e. The van der Waals surface area contributed by atoms with Crippen molar-refractivity contribution in [2.75, 3.05) is 0 Å². The minimum atomic E-state index is -4.15. The molecule has 1 unspecified atom stereocenters. The van der Waals surface area contributed by atoms with Crippen molar-refractivity contribution >= 4 is 39.3 Å².